The highest BCUT2D eigenvalue weighted by atomic mass is 79.9. The molecular weight excluding hydrogens is 396 g/mol. The summed E-state index contributed by atoms with van der Waals surface area (Å²) in [7, 11) is 0. The molecule has 0 saturated carbocycles. The summed E-state index contributed by atoms with van der Waals surface area (Å²) in [6.45, 7) is 13.3. The Balaban J connectivity index is 2.96. The van der Waals surface area contributed by atoms with Gasteiger partial charge in [-0.1, -0.05) is 76.7 Å². The van der Waals surface area contributed by atoms with Gasteiger partial charge in [-0.2, -0.15) is 0 Å². The number of benzene rings is 1. The fourth-order valence-corrected chi connectivity index (χ4v) is 3.91. The highest BCUT2D eigenvalue weighted by molar-refractivity contribution is 9.09. The van der Waals surface area contributed by atoms with Crippen LogP contribution in [-0.4, -0.2) is 17.0 Å². The van der Waals surface area contributed by atoms with Crippen molar-refractivity contribution in [1.82, 2.24) is 0 Å². The van der Waals surface area contributed by atoms with Gasteiger partial charge >= 0.3 is 0 Å². The lowest BCUT2D eigenvalue weighted by atomic mass is 9.79. The summed E-state index contributed by atoms with van der Waals surface area (Å²) < 4.78 is 6.07. The summed E-state index contributed by atoms with van der Waals surface area (Å²) in [5, 5.41) is 11.9. The highest BCUT2D eigenvalue weighted by Gasteiger charge is 2.30. The Kier molecular flexibility index (Phi) is 8.66. The monoisotopic (exact) mass is 430 g/mol. The molecule has 0 saturated heterocycles. The molecule has 0 radical (unpaired) electrons. The molecule has 0 amide bonds. The number of unbranched alkanes of at least 4 members (excludes halogenated alkanes) is 4. The van der Waals surface area contributed by atoms with Crippen LogP contribution >= 0.6 is 28.6 Å². The number of rotatable bonds is 8. The molecule has 0 fully saturated rings. The van der Waals surface area contributed by atoms with E-state index >= 15 is 0 Å². The third-order valence-corrected chi connectivity index (χ3v) is 5.34. The molecule has 2 nitrogen and oxygen atoms in total. The first-order valence-electron chi connectivity index (χ1n) is 9.28. The third kappa shape index (κ3) is 6.71. The maximum absolute atomic E-state index is 10.8. The third-order valence-electron chi connectivity index (χ3n) is 4.33. The van der Waals surface area contributed by atoms with E-state index in [2.05, 4.69) is 57.5 Å². The molecule has 0 aliphatic heterocycles. The van der Waals surface area contributed by atoms with E-state index in [-0.39, 0.29) is 10.8 Å². The van der Waals surface area contributed by atoms with Crippen LogP contribution in [0.5, 0.6) is 11.5 Å². The smallest absolute Gasteiger partial charge is 0.133 e. The zero-order valence-electron chi connectivity index (χ0n) is 16.7. The van der Waals surface area contributed by atoms with E-state index in [4.69, 9.17) is 17.4 Å². The molecule has 0 unspecified atom stereocenters. The molecule has 1 aromatic carbocycles. The molecule has 0 atom stereocenters. The first kappa shape index (κ1) is 22.7. The lowest BCUT2D eigenvalue weighted by Gasteiger charge is -2.29. The molecule has 0 spiro atoms. The van der Waals surface area contributed by atoms with E-state index in [1.165, 1.54) is 25.7 Å². The average molecular weight is 431 g/mol. The predicted molar refractivity (Wildman–Crippen MR) is 115 cm³/mol. The fraction of sp³-hybridized carbons (Fsp3) is 0.714. The Labute approximate surface area is 168 Å². The van der Waals surface area contributed by atoms with Crippen LogP contribution in [0.4, 0.5) is 0 Å². The summed E-state index contributed by atoms with van der Waals surface area (Å²) in [5.41, 5.74) is 1.44. The molecule has 0 bridgehead atoms. The van der Waals surface area contributed by atoms with Gasteiger partial charge in [-0.05, 0) is 29.7 Å². The predicted octanol–water partition coefficient (Wildman–Crippen LogP) is 7.00. The van der Waals surface area contributed by atoms with Gasteiger partial charge in [0.05, 0.1) is 11.5 Å². The van der Waals surface area contributed by atoms with Gasteiger partial charge in [-0.25, -0.2) is 0 Å². The van der Waals surface area contributed by atoms with E-state index in [0.29, 0.717) is 12.4 Å². The second kappa shape index (κ2) is 9.55. The normalized spacial score (nSPS) is 12.5. The number of alkyl halides is 1. The van der Waals surface area contributed by atoms with Crippen molar-refractivity contribution in [3.05, 3.63) is 17.2 Å². The van der Waals surface area contributed by atoms with Crippen LogP contribution in [0.2, 0.25) is 0 Å². The average Bonchev–Trinajstić information content (AvgIpc) is 2.45. The molecule has 0 heterocycles. The zero-order chi connectivity index (χ0) is 19.3. The summed E-state index contributed by atoms with van der Waals surface area (Å²) >= 11 is 8.17. The summed E-state index contributed by atoms with van der Waals surface area (Å²) in [5.74, 6) is 1.14. The van der Waals surface area contributed by atoms with Gasteiger partial charge in [0.25, 0.3) is 0 Å². The Morgan fingerprint density at radius 2 is 1.52 bits per heavy atom. The topological polar surface area (TPSA) is 29.5 Å². The quantitative estimate of drug-likeness (QED) is 0.264. The second-order valence-electron chi connectivity index (χ2n) is 8.80. The van der Waals surface area contributed by atoms with Crippen molar-refractivity contribution >= 4 is 28.6 Å². The highest BCUT2D eigenvalue weighted by Crippen LogP contribution is 2.46. The van der Waals surface area contributed by atoms with Crippen molar-refractivity contribution in [3.63, 3.8) is 0 Å². The first-order valence-corrected chi connectivity index (χ1v) is 10.9. The molecule has 0 aliphatic rings. The Hall–Kier alpha value is -0.350. The van der Waals surface area contributed by atoms with Gasteiger partial charge in [0.2, 0.25) is 0 Å². The van der Waals surface area contributed by atoms with E-state index in [1.54, 1.807) is 0 Å². The Morgan fingerprint density at radius 1 is 0.960 bits per heavy atom. The lowest BCUT2D eigenvalue weighted by molar-refractivity contribution is 0.293. The summed E-state index contributed by atoms with van der Waals surface area (Å²) in [4.78, 5) is 0.761. The lowest BCUT2D eigenvalue weighted by Crippen LogP contribution is -2.18. The van der Waals surface area contributed by atoms with Crippen LogP contribution in [0.1, 0.15) is 84.8 Å². The van der Waals surface area contributed by atoms with Crippen LogP contribution in [0.3, 0.4) is 0 Å². The second-order valence-corrected chi connectivity index (χ2v) is 10.0. The molecule has 0 aliphatic carbocycles. The maximum atomic E-state index is 10.8. The van der Waals surface area contributed by atoms with Crippen molar-refractivity contribution in [2.24, 2.45) is 0 Å². The van der Waals surface area contributed by atoms with Crippen molar-refractivity contribution in [2.75, 3.05) is 11.9 Å². The van der Waals surface area contributed by atoms with Gasteiger partial charge in [0, 0.05) is 16.5 Å². The summed E-state index contributed by atoms with van der Waals surface area (Å²) in [6.07, 6.45) is 5.99. The van der Waals surface area contributed by atoms with Gasteiger partial charge in [0.15, 0.2) is 0 Å². The van der Waals surface area contributed by atoms with Crippen molar-refractivity contribution in [1.29, 1.82) is 0 Å². The van der Waals surface area contributed by atoms with Crippen LogP contribution in [-0.2, 0) is 10.8 Å². The number of thiol groups is 1. The number of phenols is 1. The molecular formula is C21H35BrO2S. The summed E-state index contributed by atoms with van der Waals surface area (Å²) in [6, 6.07) is 1.97. The van der Waals surface area contributed by atoms with Crippen molar-refractivity contribution in [2.45, 2.75) is 89.4 Å². The number of hydrogen-bond acceptors (Lipinski definition) is 3. The van der Waals surface area contributed by atoms with E-state index in [9.17, 15) is 5.11 Å². The molecule has 144 valence electrons. The largest absolute Gasteiger partial charge is 0.507 e. The van der Waals surface area contributed by atoms with Gasteiger partial charge in [-0.15, -0.1) is 12.6 Å². The number of phenolic OH excluding ortho intramolecular Hbond substituents is 1. The molecule has 1 rings (SSSR count). The van der Waals surface area contributed by atoms with E-state index < -0.39 is 0 Å². The molecule has 1 N–H and O–H groups in total. The fourth-order valence-electron chi connectivity index (χ4n) is 2.94. The van der Waals surface area contributed by atoms with E-state index in [0.717, 1.165) is 33.5 Å². The minimum absolute atomic E-state index is 0.153. The minimum Gasteiger partial charge on any atom is -0.507 e. The van der Waals surface area contributed by atoms with Gasteiger partial charge in [-0.3, -0.25) is 0 Å². The van der Waals surface area contributed by atoms with Crippen LogP contribution < -0.4 is 4.74 Å². The van der Waals surface area contributed by atoms with Gasteiger partial charge in [0.1, 0.15) is 11.5 Å². The Morgan fingerprint density at radius 3 is 2.04 bits per heavy atom. The first-order chi connectivity index (χ1) is 11.5. The number of ether oxygens (including phenoxy) is 1. The van der Waals surface area contributed by atoms with Crippen molar-refractivity contribution in [3.8, 4) is 11.5 Å². The van der Waals surface area contributed by atoms with Crippen LogP contribution in [0.25, 0.3) is 0 Å². The van der Waals surface area contributed by atoms with Crippen molar-refractivity contribution < 1.29 is 9.84 Å². The van der Waals surface area contributed by atoms with Crippen LogP contribution in [0, 0.1) is 0 Å². The number of halogens is 1. The standard InChI is InChI=1S/C21H35BrO2S/c1-20(2,3)15-14-16(24-13-11-9-7-8-10-12-22)19(25)17(18(15)23)21(4,5)6/h14,23,25H,7-13H2,1-6H3. The molecule has 0 aromatic heterocycles. The molecule has 25 heavy (non-hydrogen) atoms. The number of hydrogen-bond donors (Lipinski definition) is 2. The Bertz CT molecular complexity index is 556. The van der Waals surface area contributed by atoms with Gasteiger partial charge < -0.3 is 9.84 Å². The maximum Gasteiger partial charge on any atom is 0.133 e. The molecule has 4 heteroatoms. The number of aromatic hydroxyl groups is 1. The zero-order valence-corrected chi connectivity index (χ0v) is 19.2. The SMILES string of the molecule is CC(C)(C)c1cc(OCCCCCCCBr)c(S)c(C(C)(C)C)c1O. The van der Waals surface area contributed by atoms with E-state index in [1.807, 2.05) is 6.07 Å². The van der Waals surface area contributed by atoms with Crippen LogP contribution in [0.15, 0.2) is 11.0 Å². The minimum atomic E-state index is -0.198. The molecule has 1 aromatic rings.